The molecule has 0 saturated carbocycles. The SMILES string of the molecule is CCOc1ccc(S(=O)(=O)NCCOCCN(CC)CC)cc1. The number of ether oxygens (including phenoxy) is 2. The summed E-state index contributed by atoms with van der Waals surface area (Å²) in [7, 11) is -3.50. The molecular formula is C16H28N2O4S. The molecule has 0 atom stereocenters. The van der Waals surface area contributed by atoms with E-state index in [4.69, 9.17) is 9.47 Å². The van der Waals surface area contributed by atoms with Crippen LogP contribution >= 0.6 is 0 Å². The van der Waals surface area contributed by atoms with Crippen LogP contribution in [-0.2, 0) is 14.8 Å². The van der Waals surface area contributed by atoms with Crippen molar-refractivity contribution in [3.05, 3.63) is 24.3 Å². The molecule has 0 aliphatic rings. The van der Waals surface area contributed by atoms with E-state index in [-0.39, 0.29) is 11.4 Å². The van der Waals surface area contributed by atoms with E-state index in [9.17, 15) is 8.42 Å². The highest BCUT2D eigenvalue weighted by molar-refractivity contribution is 7.89. The maximum atomic E-state index is 12.1. The number of likely N-dealkylation sites (N-methyl/N-ethyl adjacent to an activating group) is 1. The molecular weight excluding hydrogens is 316 g/mol. The van der Waals surface area contributed by atoms with Crippen molar-refractivity contribution in [3.63, 3.8) is 0 Å². The number of hydrogen-bond acceptors (Lipinski definition) is 5. The maximum Gasteiger partial charge on any atom is 0.240 e. The lowest BCUT2D eigenvalue weighted by molar-refractivity contribution is 0.111. The Bertz CT molecular complexity index is 528. The largest absolute Gasteiger partial charge is 0.494 e. The van der Waals surface area contributed by atoms with Crippen molar-refractivity contribution < 1.29 is 17.9 Å². The van der Waals surface area contributed by atoms with Gasteiger partial charge in [0.15, 0.2) is 0 Å². The van der Waals surface area contributed by atoms with Crippen molar-refractivity contribution >= 4 is 10.0 Å². The Balaban J connectivity index is 2.32. The molecule has 0 spiro atoms. The van der Waals surface area contributed by atoms with Crippen molar-refractivity contribution in [2.45, 2.75) is 25.7 Å². The van der Waals surface area contributed by atoms with Crippen LogP contribution in [0.2, 0.25) is 0 Å². The first-order valence-electron chi connectivity index (χ1n) is 8.06. The van der Waals surface area contributed by atoms with Gasteiger partial charge < -0.3 is 14.4 Å². The molecule has 0 aliphatic carbocycles. The lowest BCUT2D eigenvalue weighted by atomic mass is 10.3. The molecule has 0 aromatic heterocycles. The molecule has 132 valence electrons. The zero-order valence-corrected chi connectivity index (χ0v) is 15.1. The van der Waals surface area contributed by atoms with Gasteiger partial charge in [-0.25, -0.2) is 13.1 Å². The summed E-state index contributed by atoms with van der Waals surface area (Å²) in [4.78, 5) is 2.48. The highest BCUT2D eigenvalue weighted by Gasteiger charge is 2.13. The Kier molecular flexibility index (Phi) is 9.16. The number of sulfonamides is 1. The summed E-state index contributed by atoms with van der Waals surface area (Å²) in [6.07, 6.45) is 0. The Morgan fingerprint density at radius 3 is 2.26 bits per heavy atom. The van der Waals surface area contributed by atoms with Gasteiger partial charge in [-0.15, -0.1) is 0 Å². The van der Waals surface area contributed by atoms with E-state index < -0.39 is 10.0 Å². The van der Waals surface area contributed by atoms with Crippen LogP contribution in [0, 0.1) is 0 Å². The average molecular weight is 344 g/mol. The second-order valence-electron chi connectivity index (χ2n) is 4.94. The molecule has 1 N–H and O–H groups in total. The Morgan fingerprint density at radius 2 is 1.70 bits per heavy atom. The molecule has 1 aromatic carbocycles. The lowest BCUT2D eigenvalue weighted by Crippen LogP contribution is -2.30. The van der Waals surface area contributed by atoms with Crippen molar-refractivity contribution in [1.82, 2.24) is 9.62 Å². The number of nitrogens with one attached hydrogen (secondary N) is 1. The summed E-state index contributed by atoms with van der Waals surface area (Å²) in [5.41, 5.74) is 0. The molecule has 0 amide bonds. The van der Waals surface area contributed by atoms with Gasteiger partial charge >= 0.3 is 0 Å². The first-order valence-corrected chi connectivity index (χ1v) is 9.54. The topological polar surface area (TPSA) is 67.9 Å². The lowest BCUT2D eigenvalue weighted by Gasteiger charge is -2.17. The first kappa shape index (κ1) is 19.9. The van der Waals surface area contributed by atoms with Crippen LogP contribution in [0.15, 0.2) is 29.2 Å². The van der Waals surface area contributed by atoms with Crippen molar-refractivity contribution in [2.75, 3.05) is 46.0 Å². The van der Waals surface area contributed by atoms with E-state index >= 15 is 0 Å². The predicted molar refractivity (Wildman–Crippen MR) is 91.4 cm³/mol. The summed E-state index contributed by atoms with van der Waals surface area (Å²) in [6, 6.07) is 6.38. The molecule has 1 aromatic rings. The van der Waals surface area contributed by atoms with Crippen LogP contribution in [0.3, 0.4) is 0 Å². The molecule has 0 fully saturated rings. The van der Waals surface area contributed by atoms with E-state index in [2.05, 4.69) is 23.5 Å². The molecule has 0 radical (unpaired) electrons. The predicted octanol–water partition coefficient (Wildman–Crippen LogP) is 1.72. The van der Waals surface area contributed by atoms with Crippen LogP contribution < -0.4 is 9.46 Å². The summed E-state index contributed by atoms with van der Waals surface area (Å²) >= 11 is 0. The van der Waals surface area contributed by atoms with Gasteiger partial charge in [0, 0.05) is 13.1 Å². The van der Waals surface area contributed by atoms with Crippen molar-refractivity contribution in [1.29, 1.82) is 0 Å². The maximum absolute atomic E-state index is 12.1. The van der Waals surface area contributed by atoms with E-state index in [0.29, 0.717) is 25.6 Å². The van der Waals surface area contributed by atoms with E-state index in [1.807, 2.05) is 6.92 Å². The number of rotatable bonds is 12. The first-order chi connectivity index (χ1) is 11.0. The molecule has 0 unspecified atom stereocenters. The Morgan fingerprint density at radius 1 is 1.04 bits per heavy atom. The number of benzene rings is 1. The second kappa shape index (κ2) is 10.6. The van der Waals surface area contributed by atoms with Crippen LogP contribution in [-0.4, -0.2) is 59.3 Å². The van der Waals surface area contributed by atoms with Crippen molar-refractivity contribution in [3.8, 4) is 5.75 Å². The fourth-order valence-electron chi connectivity index (χ4n) is 2.05. The van der Waals surface area contributed by atoms with Gasteiger partial charge in [0.05, 0.1) is 24.7 Å². The molecule has 6 nitrogen and oxygen atoms in total. The van der Waals surface area contributed by atoms with E-state index in [1.165, 1.54) is 12.1 Å². The summed E-state index contributed by atoms with van der Waals surface area (Å²) in [6.45, 7) is 10.7. The number of hydrogen-bond donors (Lipinski definition) is 1. The van der Waals surface area contributed by atoms with Gasteiger partial charge in [-0.05, 0) is 44.3 Å². The summed E-state index contributed by atoms with van der Waals surface area (Å²) in [5, 5.41) is 0. The summed E-state index contributed by atoms with van der Waals surface area (Å²) in [5.74, 6) is 0.659. The van der Waals surface area contributed by atoms with Crippen LogP contribution in [0.1, 0.15) is 20.8 Å². The number of nitrogens with zero attached hydrogens (tertiary/aromatic N) is 1. The average Bonchev–Trinajstić information content (AvgIpc) is 2.55. The van der Waals surface area contributed by atoms with Crippen molar-refractivity contribution in [2.24, 2.45) is 0 Å². The van der Waals surface area contributed by atoms with Gasteiger partial charge in [-0.3, -0.25) is 0 Å². The highest BCUT2D eigenvalue weighted by atomic mass is 32.2. The smallest absolute Gasteiger partial charge is 0.240 e. The zero-order valence-electron chi connectivity index (χ0n) is 14.2. The van der Waals surface area contributed by atoms with E-state index in [1.54, 1.807) is 12.1 Å². The monoisotopic (exact) mass is 344 g/mol. The van der Waals surface area contributed by atoms with Crippen LogP contribution in [0.25, 0.3) is 0 Å². The van der Waals surface area contributed by atoms with Crippen LogP contribution in [0.5, 0.6) is 5.75 Å². The third-order valence-electron chi connectivity index (χ3n) is 3.43. The van der Waals surface area contributed by atoms with Gasteiger partial charge in [-0.1, -0.05) is 13.8 Å². The Labute approximate surface area is 139 Å². The van der Waals surface area contributed by atoms with Gasteiger partial charge in [0.2, 0.25) is 10.0 Å². The second-order valence-corrected chi connectivity index (χ2v) is 6.71. The molecule has 0 saturated heterocycles. The molecule has 1 rings (SSSR count). The van der Waals surface area contributed by atoms with Gasteiger partial charge in [-0.2, -0.15) is 0 Å². The fraction of sp³-hybridized carbons (Fsp3) is 0.625. The molecule has 0 heterocycles. The minimum Gasteiger partial charge on any atom is -0.494 e. The third kappa shape index (κ3) is 7.30. The molecule has 0 aliphatic heterocycles. The molecule has 23 heavy (non-hydrogen) atoms. The fourth-order valence-corrected chi connectivity index (χ4v) is 3.06. The van der Waals surface area contributed by atoms with E-state index in [0.717, 1.165) is 19.6 Å². The zero-order chi connectivity index (χ0) is 17.1. The normalized spacial score (nSPS) is 11.8. The highest BCUT2D eigenvalue weighted by Crippen LogP contribution is 2.15. The standard InChI is InChI=1S/C16H28N2O4S/c1-4-18(5-2)12-14-21-13-11-17-23(19,20)16-9-7-15(8-10-16)22-6-3/h7-10,17H,4-6,11-14H2,1-3H3. The molecule has 0 bridgehead atoms. The molecule has 7 heteroatoms. The summed E-state index contributed by atoms with van der Waals surface area (Å²) < 4.78 is 37.5. The van der Waals surface area contributed by atoms with Crippen LogP contribution in [0.4, 0.5) is 0 Å². The van der Waals surface area contributed by atoms with Gasteiger partial charge in [0.25, 0.3) is 0 Å². The minimum absolute atomic E-state index is 0.226. The van der Waals surface area contributed by atoms with Gasteiger partial charge in [0.1, 0.15) is 5.75 Å². The Hall–Kier alpha value is -1.15. The minimum atomic E-state index is -3.50. The third-order valence-corrected chi connectivity index (χ3v) is 4.91. The quantitative estimate of drug-likeness (QED) is 0.585.